The molecule has 10 rings (SSSR count). The van der Waals surface area contributed by atoms with Crippen molar-refractivity contribution in [3.05, 3.63) is 226 Å². The smallest absolute Gasteiger partial charge is 0.508 e. The largest absolute Gasteiger partial charge is 0.519 e. The molecule has 0 unspecified atom stereocenters. The first kappa shape index (κ1) is 34.7. The minimum absolute atomic E-state index is 0.109. The molecule has 8 aromatic carbocycles. The number of aromatic hydroxyl groups is 4. The number of rotatable bonds is 6. The van der Waals surface area contributed by atoms with Gasteiger partial charge in [0.25, 0.3) is 0 Å². The minimum Gasteiger partial charge on any atom is -0.508 e. The highest BCUT2D eigenvalue weighted by Crippen LogP contribution is 2.61. The number of fused-ring (bicyclic) bond motifs is 6. The zero-order valence-electron chi connectivity index (χ0n) is 30.8. The highest BCUT2D eigenvalue weighted by Gasteiger charge is 2.50. The maximum absolute atomic E-state index is 14.5. The predicted molar refractivity (Wildman–Crippen MR) is 221 cm³/mol. The van der Waals surface area contributed by atoms with Gasteiger partial charge in [0.1, 0.15) is 34.5 Å². The second-order valence-corrected chi connectivity index (χ2v) is 14.6. The fraction of sp³-hybridized carbons (Fsp3) is 0.0392. The number of hydrogen-bond acceptors (Lipinski definition) is 7. The van der Waals surface area contributed by atoms with Crippen LogP contribution in [0.5, 0.6) is 34.5 Å². The van der Waals surface area contributed by atoms with E-state index in [4.69, 9.17) is 9.47 Å². The van der Waals surface area contributed by atoms with E-state index in [-0.39, 0.29) is 34.5 Å². The fourth-order valence-corrected chi connectivity index (χ4v) is 9.39. The summed E-state index contributed by atoms with van der Waals surface area (Å²) in [5.74, 6) is 0.989. The Kier molecular flexibility index (Phi) is 7.88. The quantitative estimate of drug-likeness (QED) is 0.0985. The predicted octanol–water partition coefficient (Wildman–Crippen LogP) is 10.8. The molecule has 58 heavy (non-hydrogen) atoms. The number of benzene rings is 8. The first-order valence-electron chi connectivity index (χ1n) is 18.8. The van der Waals surface area contributed by atoms with Gasteiger partial charge in [-0.25, -0.2) is 4.79 Å². The van der Waals surface area contributed by atoms with Crippen molar-refractivity contribution in [3.8, 4) is 56.8 Å². The van der Waals surface area contributed by atoms with Crippen LogP contribution in [0.2, 0.25) is 0 Å². The Morgan fingerprint density at radius 2 is 0.638 bits per heavy atom. The summed E-state index contributed by atoms with van der Waals surface area (Å²) >= 11 is 0. The van der Waals surface area contributed by atoms with E-state index >= 15 is 0 Å². The average molecular weight is 759 g/mol. The van der Waals surface area contributed by atoms with E-state index in [1.54, 1.807) is 60.7 Å². The summed E-state index contributed by atoms with van der Waals surface area (Å²) in [4.78, 5) is 14.5. The summed E-state index contributed by atoms with van der Waals surface area (Å²) in [6, 6.07) is 55.2. The maximum atomic E-state index is 14.5. The van der Waals surface area contributed by atoms with Gasteiger partial charge in [0.15, 0.2) is 0 Å². The van der Waals surface area contributed by atoms with E-state index in [1.165, 1.54) is 0 Å². The highest BCUT2D eigenvalue weighted by molar-refractivity contribution is 5.91. The molecule has 4 N–H and O–H groups in total. The lowest BCUT2D eigenvalue weighted by Gasteiger charge is -2.35. The van der Waals surface area contributed by atoms with Gasteiger partial charge >= 0.3 is 6.16 Å². The van der Waals surface area contributed by atoms with Gasteiger partial charge in [0, 0.05) is 11.1 Å². The van der Waals surface area contributed by atoms with Crippen molar-refractivity contribution in [1.82, 2.24) is 0 Å². The first-order chi connectivity index (χ1) is 28.3. The topological polar surface area (TPSA) is 116 Å². The van der Waals surface area contributed by atoms with Gasteiger partial charge in [0.05, 0.1) is 10.8 Å². The number of ether oxygens (including phenoxy) is 2. The summed E-state index contributed by atoms with van der Waals surface area (Å²) in [6.07, 6.45) is -0.954. The molecule has 0 spiro atoms. The molecular formula is C51H34O7. The number of phenolic OH excluding ortho intramolecular Hbond substituents is 4. The molecule has 0 saturated carbocycles. The van der Waals surface area contributed by atoms with E-state index in [9.17, 15) is 25.2 Å². The third-order valence-corrected chi connectivity index (χ3v) is 11.6. The van der Waals surface area contributed by atoms with Crippen LogP contribution < -0.4 is 9.47 Å². The molecule has 0 heterocycles. The number of carbonyl (C=O) groups excluding carboxylic acids is 1. The van der Waals surface area contributed by atoms with Crippen LogP contribution in [0.1, 0.15) is 44.5 Å². The van der Waals surface area contributed by atoms with Crippen molar-refractivity contribution in [2.24, 2.45) is 0 Å². The van der Waals surface area contributed by atoms with Gasteiger partial charge < -0.3 is 29.9 Å². The molecule has 0 bridgehead atoms. The Labute approximate surface area is 333 Å². The third kappa shape index (κ3) is 5.03. The second-order valence-electron chi connectivity index (χ2n) is 14.6. The molecule has 0 atom stereocenters. The van der Waals surface area contributed by atoms with Crippen LogP contribution in [-0.4, -0.2) is 26.6 Å². The lowest BCUT2D eigenvalue weighted by molar-refractivity contribution is 0.150. The van der Waals surface area contributed by atoms with Gasteiger partial charge in [0.2, 0.25) is 0 Å². The van der Waals surface area contributed by atoms with E-state index in [0.29, 0.717) is 11.1 Å². The van der Waals surface area contributed by atoms with Gasteiger partial charge in [-0.1, -0.05) is 121 Å². The van der Waals surface area contributed by atoms with E-state index in [1.807, 2.05) is 121 Å². The molecule has 7 nitrogen and oxygen atoms in total. The Bertz CT molecular complexity index is 2590. The monoisotopic (exact) mass is 758 g/mol. The van der Waals surface area contributed by atoms with Crippen LogP contribution in [-0.2, 0) is 10.8 Å². The van der Waals surface area contributed by atoms with Gasteiger partial charge in [-0.3, -0.25) is 0 Å². The van der Waals surface area contributed by atoms with Crippen LogP contribution in [0, 0.1) is 0 Å². The molecule has 280 valence electrons. The van der Waals surface area contributed by atoms with Gasteiger partial charge in [-0.05, 0) is 116 Å². The lowest BCUT2D eigenvalue weighted by atomic mass is 9.67. The molecule has 0 aliphatic heterocycles. The van der Waals surface area contributed by atoms with Crippen molar-refractivity contribution in [1.29, 1.82) is 0 Å². The third-order valence-electron chi connectivity index (χ3n) is 11.6. The van der Waals surface area contributed by atoms with Crippen LogP contribution in [0.25, 0.3) is 22.3 Å². The number of phenols is 4. The number of carbonyl (C=O) groups is 1. The second kappa shape index (κ2) is 13.2. The SMILES string of the molecule is O=C(Oc1cccc2c1C(c1ccc(O)cc1)(c1ccc(O)cc1)c1ccccc1-2)Oc1cccc2c1C(c1ccc(O)cc1)(c1ccc(O)cc1)c1ccccc1-2. The molecule has 2 aliphatic rings. The van der Waals surface area contributed by atoms with Crippen molar-refractivity contribution >= 4 is 6.16 Å². The Morgan fingerprint density at radius 1 is 0.345 bits per heavy atom. The summed E-state index contributed by atoms with van der Waals surface area (Å²) in [5, 5.41) is 41.5. The molecule has 0 amide bonds. The van der Waals surface area contributed by atoms with E-state index < -0.39 is 17.0 Å². The van der Waals surface area contributed by atoms with Crippen molar-refractivity contribution < 1.29 is 34.7 Å². The Hall–Kier alpha value is -7.77. The van der Waals surface area contributed by atoms with Crippen LogP contribution in [0.3, 0.4) is 0 Å². The number of hydrogen-bond donors (Lipinski definition) is 4. The molecule has 2 aliphatic carbocycles. The van der Waals surface area contributed by atoms with E-state index in [2.05, 4.69) is 0 Å². The van der Waals surface area contributed by atoms with Crippen LogP contribution >= 0.6 is 0 Å². The molecule has 0 saturated heterocycles. The molecule has 0 aromatic heterocycles. The zero-order valence-corrected chi connectivity index (χ0v) is 30.8. The van der Waals surface area contributed by atoms with Crippen molar-refractivity contribution in [2.75, 3.05) is 0 Å². The molecular weight excluding hydrogens is 725 g/mol. The molecule has 8 aromatic rings. The summed E-state index contributed by atoms with van der Waals surface area (Å²) in [5.41, 5.74) is 8.14. The fourth-order valence-electron chi connectivity index (χ4n) is 9.39. The normalized spacial score (nSPS) is 13.8. The van der Waals surface area contributed by atoms with Gasteiger partial charge in [-0.15, -0.1) is 0 Å². The zero-order chi connectivity index (χ0) is 39.6. The lowest BCUT2D eigenvalue weighted by Crippen LogP contribution is -2.30. The average Bonchev–Trinajstić information content (AvgIpc) is 3.72. The van der Waals surface area contributed by atoms with Crippen molar-refractivity contribution in [3.63, 3.8) is 0 Å². The molecule has 7 heteroatoms. The van der Waals surface area contributed by atoms with Crippen LogP contribution in [0.15, 0.2) is 182 Å². The van der Waals surface area contributed by atoms with E-state index in [0.717, 1.165) is 55.6 Å². The van der Waals surface area contributed by atoms with Crippen molar-refractivity contribution in [2.45, 2.75) is 10.8 Å². The Morgan fingerprint density at radius 3 is 0.966 bits per heavy atom. The maximum Gasteiger partial charge on any atom is 0.519 e. The minimum atomic E-state index is -1.02. The van der Waals surface area contributed by atoms with Crippen LogP contribution in [0.4, 0.5) is 4.79 Å². The standard InChI is InChI=1S/C51H34O7/c52-35-23-15-31(16-24-35)50(32-17-25-36(53)26-18-32)43-11-3-1-7-39(43)41-9-5-13-45(47(41)50)57-49(56)58-46-14-6-10-42-40-8-2-4-12-44(40)51(48(42)46,33-19-27-37(54)28-20-33)34-21-29-38(55)30-22-34/h1-30,52-55H. The molecule has 0 radical (unpaired) electrons. The summed E-state index contributed by atoms with van der Waals surface area (Å²) in [7, 11) is 0. The first-order valence-corrected chi connectivity index (χ1v) is 18.8. The highest BCUT2D eigenvalue weighted by atomic mass is 16.7. The summed E-state index contributed by atoms with van der Waals surface area (Å²) < 4.78 is 12.7. The van der Waals surface area contributed by atoms with Gasteiger partial charge in [-0.2, -0.15) is 0 Å². The summed E-state index contributed by atoms with van der Waals surface area (Å²) in [6.45, 7) is 0. The molecule has 0 fully saturated rings. The Balaban J connectivity index is 1.14.